The highest BCUT2D eigenvalue weighted by Gasteiger charge is 2.28. The first-order valence-corrected chi connectivity index (χ1v) is 12.1. The minimum atomic E-state index is -0.611. The van der Waals surface area contributed by atoms with Crippen LogP contribution >= 0.6 is 0 Å². The van der Waals surface area contributed by atoms with Crippen molar-refractivity contribution >= 4 is 28.5 Å². The number of amides is 1. The Morgan fingerprint density at radius 1 is 1.16 bits per heavy atom. The van der Waals surface area contributed by atoms with Gasteiger partial charge in [0.2, 0.25) is 5.91 Å². The smallest absolute Gasteiger partial charge is 0.246 e. The Labute approximate surface area is 212 Å². The maximum Gasteiger partial charge on any atom is 0.246 e. The quantitative estimate of drug-likeness (QED) is 0.304. The average Bonchev–Trinajstić information content (AvgIpc) is 3.33. The molecule has 0 aliphatic carbocycles. The summed E-state index contributed by atoms with van der Waals surface area (Å²) in [5.41, 5.74) is 9.14. The highest BCUT2D eigenvalue weighted by atomic mass is 19.1. The first-order chi connectivity index (χ1) is 18.0. The van der Waals surface area contributed by atoms with Gasteiger partial charge >= 0.3 is 0 Å². The summed E-state index contributed by atoms with van der Waals surface area (Å²) < 4.78 is 15.7. The van der Waals surface area contributed by atoms with Crippen molar-refractivity contribution < 1.29 is 14.0 Å². The lowest BCUT2D eigenvalue weighted by Gasteiger charge is -2.32. The molecule has 1 saturated heterocycles. The van der Waals surface area contributed by atoms with Crippen LogP contribution in [0.15, 0.2) is 61.6 Å². The van der Waals surface area contributed by atoms with Gasteiger partial charge in [-0.15, -0.1) is 0 Å². The van der Waals surface area contributed by atoms with Gasteiger partial charge in [0.05, 0.1) is 11.4 Å². The van der Waals surface area contributed by atoms with Crippen LogP contribution in [0.2, 0.25) is 0 Å². The molecule has 4 aromatic rings. The summed E-state index contributed by atoms with van der Waals surface area (Å²) in [5.74, 6) is -0.725. The molecule has 1 aromatic carbocycles. The third-order valence-corrected chi connectivity index (χ3v) is 6.64. The van der Waals surface area contributed by atoms with E-state index in [1.807, 2.05) is 28.9 Å². The largest absolute Gasteiger partial charge is 0.383 e. The number of rotatable bonds is 7. The minimum absolute atomic E-state index is 0.0551. The predicted molar refractivity (Wildman–Crippen MR) is 137 cm³/mol. The van der Waals surface area contributed by atoms with Crippen LogP contribution in [0.1, 0.15) is 41.4 Å². The molecule has 5 rings (SSSR count). The van der Waals surface area contributed by atoms with E-state index in [0.717, 1.165) is 24.0 Å². The number of nitrogens with two attached hydrogens (primary N) is 1. The SMILES string of the molecule is C=CC(=O)N1CCCC(n2nc(-c3ccc(CCC(=O)c4ncccc4F)cc3)c3c(N)ncnc32)C1. The Morgan fingerprint density at radius 3 is 2.73 bits per heavy atom. The lowest BCUT2D eigenvalue weighted by molar-refractivity contribution is -0.127. The molecule has 1 amide bonds. The third-order valence-electron chi connectivity index (χ3n) is 6.64. The molecule has 3 aromatic heterocycles. The van der Waals surface area contributed by atoms with Crippen LogP contribution in [-0.2, 0) is 11.2 Å². The number of piperidine rings is 1. The van der Waals surface area contributed by atoms with Crippen molar-refractivity contribution in [1.29, 1.82) is 0 Å². The van der Waals surface area contributed by atoms with Crippen LogP contribution in [0.5, 0.6) is 0 Å². The van der Waals surface area contributed by atoms with Crippen LogP contribution in [0, 0.1) is 5.82 Å². The predicted octanol–water partition coefficient (Wildman–Crippen LogP) is 3.77. The van der Waals surface area contributed by atoms with E-state index in [1.165, 1.54) is 30.7 Å². The molecule has 0 radical (unpaired) electrons. The second-order valence-corrected chi connectivity index (χ2v) is 8.99. The molecule has 10 heteroatoms. The lowest BCUT2D eigenvalue weighted by Crippen LogP contribution is -2.40. The van der Waals surface area contributed by atoms with E-state index in [2.05, 4.69) is 21.5 Å². The number of likely N-dealkylation sites (tertiary alicyclic amines) is 1. The summed E-state index contributed by atoms with van der Waals surface area (Å²) in [6.07, 6.45) is 6.45. The first-order valence-electron chi connectivity index (χ1n) is 12.1. The van der Waals surface area contributed by atoms with E-state index in [-0.39, 0.29) is 29.8 Å². The van der Waals surface area contributed by atoms with Gasteiger partial charge in [-0.2, -0.15) is 5.10 Å². The van der Waals surface area contributed by atoms with Crippen LogP contribution in [0.25, 0.3) is 22.3 Å². The number of carbonyl (C=O) groups excluding carboxylic acids is 2. The molecule has 2 N–H and O–H groups in total. The highest BCUT2D eigenvalue weighted by molar-refractivity contribution is 5.98. The molecule has 0 bridgehead atoms. The van der Waals surface area contributed by atoms with Gasteiger partial charge in [0.15, 0.2) is 17.2 Å². The number of ketones is 1. The Morgan fingerprint density at radius 2 is 1.97 bits per heavy atom. The number of benzene rings is 1. The number of nitrogens with zero attached hydrogens (tertiary/aromatic N) is 6. The van der Waals surface area contributed by atoms with E-state index in [0.29, 0.717) is 42.1 Å². The monoisotopic (exact) mass is 499 g/mol. The Kier molecular flexibility index (Phi) is 6.72. The van der Waals surface area contributed by atoms with Gasteiger partial charge < -0.3 is 10.6 Å². The molecule has 188 valence electrons. The zero-order chi connectivity index (χ0) is 25.9. The number of halogens is 1. The van der Waals surface area contributed by atoms with Gasteiger partial charge in [-0.3, -0.25) is 14.6 Å². The van der Waals surface area contributed by atoms with Crippen molar-refractivity contribution in [3.8, 4) is 11.3 Å². The van der Waals surface area contributed by atoms with Crippen molar-refractivity contribution in [2.75, 3.05) is 18.8 Å². The summed E-state index contributed by atoms with van der Waals surface area (Å²) in [4.78, 5) is 38.8. The lowest BCUT2D eigenvalue weighted by atomic mass is 10.0. The van der Waals surface area contributed by atoms with E-state index < -0.39 is 5.82 Å². The minimum Gasteiger partial charge on any atom is -0.383 e. The van der Waals surface area contributed by atoms with Crippen LogP contribution in [0.4, 0.5) is 10.2 Å². The molecular formula is C27H26FN7O2. The zero-order valence-electron chi connectivity index (χ0n) is 20.2. The number of hydrogen-bond donors (Lipinski definition) is 1. The van der Waals surface area contributed by atoms with E-state index >= 15 is 0 Å². The molecule has 1 atom stereocenters. The summed E-state index contributed by atoms with van der Waals surface area (Å²) in [6.45, 7) is 4.79. The molecular weight excluding hydrogens is 473 g/mol. The van der Waals surface area contributed by atoms with E-state index in [9.17, 15) is 14.0 Å². The van der Waals surface area contributed by atoms with E-state index in [4.69, 9.17) is 10.8 Å². The Balaban J connectivity index is 1.40. The summed E-state index contributed by atoms with van der Waals surface area (Å²) >= 11 is 0. The second kappa shape index (κ2) is 10.3. The standard InChI is InChI=1S/C27H26FN7O2/c1-2-22(37)34-14-4-5-19(15-34)35-27-23(26(29)31-16-32-27)24(33-35)18-10-7-17(8-11-18)9-12-21(36)25-20(28)6-3-13-30-25/h2-3,6-8,10-11,13,16,19H,1,4-5,9,12,14-15H2,(H2,29,31,32). The maximum absolute atomic E-state index is 13.8. The average molecular weight is 500 g/mol. The van der Waals surface area contributed by atoms with Gasteiger partial charge in [-0.25, -0.2) is 19.0 Å². The Hall–Kier alpha value is -4.47. The number of nitrogen functional groups attached to an aromatic ring is 1. The van der Waals surface area contributed by atoms with Crippen LogP contribution in [0.3, 0.4) is 0 Å². The van der Waals surface area contributed by atoms with Gasteiger partial charge in [0, 0.05) is 31.3 Å². The molecule has 1 unspecified atom stereocenters. The fourth-order valence-electron chi connectivity index (χ4n) is 4.73. The van der Waals surface area contributed by atoms with Crippen molar-refractivity contribution in [3.63, 3.8) is 0 Å². The fraction of sp³-hybridized carbons (Fsp3) is 0.259. The summed E-state index contributed by atoms with van der Waals surface area (Å²) in [5, 5.41) is 5.54. The van der Waals surface area contributed by atoms with Gasteiger partial charge in [0.1, 0.15) is 23.5 Å². The number of Topliss-reactive ketones (excluding diaryl/α,β-unsaturated/α-hetero) is 1. The van der Waals surface area contributed by atoms with Gasteiger partial charge in [-0.1, -0.05) is 30.8 Å². The molecule has 9 nitrogen and oxygen atoms in total. The second-order valence-electron chi connectivity index (χ2n) is 8.99. The number of fused-ring (bicyclic) bond motifs is 1. The summed E-state index contributed by atoms with van der Waals surface area (Å²) in [6, 6.07) is 10.3. The zero-order valence-corrected chi connectivity index (χ0v) is 20.2. The van der Waals surface area contributed by atoms with Crippen LogP contribution in [-0.4, -0.2) is 54.4 Å². The number of pyridine rings is 1. The molecule has 1 aliphatic rings. The van der Waals surface area contributed by atoms with Crippen molar-refractivity contribution in [2.24, 2.45) is 0 Å². The first kappa shape index (κ1) is 24.2. The van der Waals surface area contributed by atoms with E-state index in [1.54, 1.807) is 4.90 Å². The molecule has 1 aliphatic heterocycles. The number of carbonyl (C=O) groups is 2. The molecule has 0 spiro atoms. The normalized spacial score (nSPS) is 15.6. The summed E-state index contributed by atoms with van der Waals surface area (Å²) in [7, 11) is 0. The number of aryl methyl sites for hydroxylation is 1. The number of hydrogen-bond acceptors (Lipinski definition) is 7. The third kappa shape index (κ3) is 4.82. The maximum atomic E-state index is 13.8. The van der Waals surface area contributed by atoms with Gasteiger partial charge in [0.25, 0.3) is 0 Å². The van der Waals surface area contributed by atoms with Crippen molar-refractivity contribution in [3.05, 3.63) is 78.7 Å². The molecule has 1 fully saturated rings. The molecule has 0 saturated carbocycles. The number of anilines is 1. The topological polar surface area (TPSA) is 120 Å². The van der Waals surface area contributed by atoms with Crippen molar-refractivity contribution in [1.82, 2.24) is 29.6 Å². The fourth-order valence-corrected chi connectivity index (χ4v) is 4.73. The number of aromatic nitrogens is 5. The van der Waals surface area contributed by atoms with Gasteiger partial charge in [-0.05, 0) is 43.0 Å². The van der Waals surface area contributed by atoms with Crippen molar-refractivity contribution in [2.45, 2.75) is 31.7 Å². The molecule has 4 heterocycles. The molecule has 37 heavy (non-hydrogen) atoms. The Bertz CT molecular complexity index is 1480. The van der Waals surface area contributed by atoms with Crippen LogP contribution < -0.4 is 5.73 Å². The highest BCUT2D eigenvalue weighted by Crippen LogP contribution is 2.34.